The lowest BCUT2D eigenvalue weighted by Crippen LogP contribution is -2.11. The Labute approximate surface area is 194 Å². The van der Waals surface area contributed by atoms with Gasteiger partial charge in [0.15, 0.2) is 0 Å². The predicted octanol–water partition coefficient (Wildman–Crippen LogP) is 4.98. The summed E-state index contributed by atoms with van der Waals surface area (Å²) in [4.78, 5) is 32.2. The van der Waals surface area contributed by atoms with Crippen LogP contribution in [0.4, 0.5) is 17.2 Å². The van der Waals surface area contributed by atoms with E-state index in [1.165, 1.54) is 12.4 Å². The molecule has 3 rings (SSSR count). The summed E-state index contributed by atoms with van der Waals surface area (Å²) in [5, 5.41) is 6.73. The first-order chi connectivity index (χ1) is 15.5. The third kappa shape index (κ3) is 6.27. The molecule has 1 heterocycles. The molecule has 0 unspecified atom stereocenters. The van der Waals surface area contributed by atoms with Gasteiger partial charge < -0.3 is 20.1 Å². The third-order valence-corrected chi connectivity index (χ3v) is 4.85. The third-order valence-electron chi connectivity index (χ3n) is 4.36. The second kappa shape index (κ2) is 11.2. The van der Waals surface area contributed by atoms with Crippen LogP contribution in [0.3, 0.4) is 0 Å². The number of amides is 1. The Bertz CT molecular complexity index is 1140. The van der Waals surface area contributed by atoms with Gasteiger partial charge in [-0.25, -0.2) is 9.97 Å². The van der Waals surface area contributed by atoms with Crippen molar-refractivity contribution < 1.29 is 19.1 Å². The van der Waals surface area contributed by atoms with Gasteiger partial charge >= 0.3 is 5.97 Å². The van der Waals surface area contributed by atoms with Gasteiger partial charge in [0.1, 0.15) is 17.9 Å². The molecular formula is C23H23BrN4O4. The summed E-state index contributed by atoms with van der Waals surface area (Å²) in [6.45, 7) is 5.88. The van der Waals surface area contributed by atoms with Crippen LogP contribution in [0, 0.1) is 0 Å². The van der Waals surface area contributed by atoms with E-state index in [0.29, 0.717) is 41.2 Å². The highest BCUT2D eigenvalue weighted by Crippen LogP contribution is 2.33. The van der Waals surface area contributed by atoms with Crippen LogP contribution >= 0.6 is 15.9 Å². The number of carbonyl (C=O) groups excluding carboxylic acids is 2. The predicted molar refractivity (Wildman–Crippen MR) is 127 cm³/mol. The Morgan fingerprint density at radius 3 is 2.81 bits per heavy atom. The van der Waals surface area contributed by atoms with Crippen LogP contribution in [0.2, 0.25) is 0 Å². The molecule has 3 aromatic rings. The fourth-order valence-corrected chi connectivity index (χ4v) is 3.32. The number of halogens is 1. The van der Waals surface area contributed by atoms with Crippen LogP contribution in [0.5, 0.6) is 5.75 Å². The maximum absolute atomic E-state index is 12.0. The maximum Gasteiger partial charge on any atom is 0.305 e. The molecule has 8 nitrogen and oxygen atoms in total. The van der Waals surface area contributed by atoms with E-state index in [1.54, 1.807) is 19.1 Å². The van der Waals surface area contributed by atoms with Crippen molar-refractivity contribution in [3.63, 3.8) is 0 Å². The topological polar surface area (TPSA) is 102 Å². The molecule has 2 N–H and O–H groups in total. The lowest BCUT2D eigenvalue weighted by molar-refractivity contribution is -0.143. The van der Waals surface area contributed by atoms with Crippen molar-refractivity contribution in [2.45, 2.75) is 19.8 Å². The van der Waals surface area contributed by atoms with Crippen LogP contribution in [-0.4, -0.2) is 35.1 Å². The minimum Gasteiger partial charge on any atom is -0.491 e. The molecule has 0 radical (unpaired) electrons. The molecule has 0 saturated heterocycles. The van der Waals surface area contributed by atoms with Gasteiger partial charge in [-0.1, -0.05) is 28.6 Å². The van der Waals surface area contributed by atoms with E-state index in [4.69, 9.17) is 9.47 Å². The summed E-state index contributed by atoms with van der Waals surface area (Å²) in [5.41, 5.74) is 1.93. The van der Waals surface area contributed by atoms with Crippen LogP contribution < -0.4 is 15.4 Å². The second-order valence-corrected chi connectivity index (χ2v) is 7.59. The van der Waals surface area contributed by atoms with Crippen molar-refractivity contribution >= 4 is 55.9 Å². The van der Waals surface area contributed by atoms with E-state index in [1.807, 2.05) is 24.3 Å². The quantitative estimate of drug-likeness (QED) is 0.230. The zero-order valence-corrected chi connectivity index (χ0v) is 19.1. The first-order valence-corrected chi connectivity index (χ1v) is 10.8. The van der Waals surface area contributed by atoms with Crippen molar-refractivity contribution in [2.24, 2.45) is 0 Å². The molecule has 0 bridgehead atoms. The number of hydrogen-bond donors (Lipinski definition) is 2. The summed E-state index contributed by atoms with van der Waals surface area (Å²) in [6, 6.07) is 11.2. The number of benzene rings is 2. The minimum atomic E-state index is -0.376. The lowest BCUT2D eigenvalue weighted by Gasteiger charge is -2.15. The Morgan fingerprint density at radius 1 is 1.22 bits per heavy atom. The van der Waals surface area contributed by atoms with E-state index in [2.05, 4.69) is 43.1 Å². The molecule has 0 aliphatic rings. The van der Waals surface area contributed by atoms with Crippen molar-refractivity contribution in [1.82, 2.24) is 9.97 Å². The van der Waals surface area contributed by atoms with Gasteiger partial charge in [0.25, 0.3) is 0 Å². The average Bonchev–Trinajstić information content (AvgIpc) is 2.77. The molecule has 0 fully saturated rings. The molecule has 0 saturated carbocycles. The van der Waals surface area contributed by atoms with Gasteiger partial charge in [0.2, 0.25) is 5.91 Å². The second-order valence-electron chi connectivity index (χ2n) is 6.67. The fraction of sp³-hybridized carbons (Fsp3) is 0.217. The largest absolute Gasteiger partial charge is 0.491 e. The Hall–Kier alpha value is -3.46. The van der Waals surface area contributed by atoms with Gasteiger partial charge in [0, 0.05) is 28.0 Å². The summed E-state index contributed by atoms with van der Waals surface area (Å²) in [6.07, 6.45) is 3.36. The van der Waals surface area contributed by atoms with Crippen LogP contribution in [0.1, 0.15) is 19.8 Å². The minimum absolute atomic E-state index is 0.249. The molecule has 1 aromatic heterocycles. The first kappa shape index (κ1) is 23.2. The standard InChI is InChI=1S/C23H23BrN4O4/c1-3-21(29)28-19-12-17-18(13-20(19)32-10-6-9-22(30)31-4-2)25-14-26-23(17)27-16-8-5-7-15(24)11-16/h3,5,7-8,11-14H,1,4,6,9-10H2,2H3,(H,28,29)(H,25,26,27). The highest BCUT2D eigenvalue weighted by molar-refractivity contribution is 9.10. The number of anilines is 3. The highest BCUT2D eigenvalue weighted by Gasteiger charge is 2.13. The average molecular weight is 499 g/mol. The summed E-state index contributed by atoms with van der Waals surface area (Å²) < 4.78 is 11.7. The number of esters is 1. The van der Waals surface area contributed by atoms with E-state index in [9.17, 15) is 9.59 Å². The molecule has 9 heteroatoms. The zero-order chi connectivity index (χ0) is 22.9. The molecule has 0 aliphatic heterocycles. The molecular weight excluding hydrogens is 476 g/mol. The monoisotopic (exact) mass is 498 g/mol. The Balaban J connectivity index is 1.88. The van der Waals surface area contributed by atoms with E-state index < -0.39 is 0 Å². The molecule has 0 aliphatic carbocycles. The summed E-state index contributed by atoms with van der Waals surface area (Å²) >= 11 is 3.45. The Morgan fingerprint density at radius 2 is 2.06 bits per heavy atom. The normalized spacial score (nSPS) is 10.4. The zero-order valence-electron chi connectivity index (χ0n) is 17.6. The number of nitrogens with zero attached hydrogens (tertiary/aromatic N) is 2. The molecule has 1 amide bonds. The fourth-order valence-electron chi connectivity index (χ4n) is 2.92. The number of fused-ring (bicyclic) bond motifs is 1. The van der Waals surface area contributed by atoms with Crippen molar-refractivity contribution in [2.75, 3.05) is 23.8 Å². The maximum atomic E-state index is 12.0. The van der Waals surface area contributed by atoms with Crippen LogP contribution in [-0.2, 0) is 14.3 Å². The molecule has 32 heavy (non-hydrogen) atoms. The van der Waals surface area contributed by atoms with Crippen molar-refractivity contribution in [3.8, 4) is 5.75 Å². The van der Waals surface area contributed by atoms with Crippen LogP contribution in [0.25, 0.3) is 10.9 Å². The van der Waals surface area contributed by atoms with E-state index >= 15 is 0 Å². The lowest BCUT2D eigenvalue weighted by atomic mass is 10.1. The number of ether oxygens (including phenoxy) is 2. The van der Waals surface area contributed by atoms with E-state index in [0.717, 1.165) is 10.2 Å². The molecule has 0 atom stereocenters. The number of hydrogen-bond acceptors (Lipinski definition) is 7. The van der Waals surface area contributed by atoms with Gasteiger partial charge in [-0.15, -0.1) is 0 Å². The number of rotatable bonds is 10. The number of carbonyl (C=O) groups is 2. The van der Waals surface area contributed by atoms with E-state index in [-0.39, 0.29) is 24.9 Å². The van der Waals surface area contributed by atoms with Crippen molar-refractivity contribution in [3.05, 3.63) is 59.9 Å². The van der Waals surface area contributed by atoms with Gasteiger partial charge in [0.05, 0.1) is 24.4 Å². The molecule has 2 aromatic carbocycles. The number of aromatic nitrogens is 2. The van der Waals surface area contributed by atoms with Gasteiger partial charge in [-0.2, -0.15) is 0 Å². The first-order valence-electron chi connectivity index (χ1n) is 10.0. The highest BCUT2D eigenvalue weighted by atomic mass is 79.9. The SMILES string of the molecule is C=CC(=O)Nc1cc2c(Nc3cccc(Br)c3)ncnc2cc1OCCCC(=O)OCC. The van der Waals surface area contributed by atoms with Gasteiger partial charge in [-0.3, -0.25) is 9.59 Å². The summed E-state index contributed by atoms with van der Waals surface area (Å²) in [5.74, 6) is 0.365. The summed E-state index contributed by atoms with van der Waals surface area (Å²) in [7, 11) is 0. The smallest absolute Gasteiger partial charge is 0.305 e. The molecule has 166 valence electrons. The van der Waals surface area contributed by atoms with Crippen molar-refractivity contribution in [1.29, 1.82) is 0 Å². The number of nitrogens with one attached hydrogen (secondary N) is 2. The van der Waals surface area contributed by atoms with Crippen LogP contribution in [0.15, 0.2) is 59.9 Å². The molecule has 0 spiro atoms. The van der Waals surface area contributed by atoms with Gasteiger partial charge in [-0.05, 0) is 43.7 Å². The Kier molecular flexibility index (Phi) is 8.15.